The molecule has 1 N–H and O–H groups in total. The van der Waals surface area contributed by atoms with Gasteiger partial charge in [-0.1, -0.05) is 0 Å². The van der Waals surface area contributed by atoms with Crippen molar-refractivity contribution >= 4 is 5.97 Å². The van der Waals surface area contributed by atoms with Crippen LogP contribution in [0.3, 0.4) is 0 Å². The summed E-state index contributed by atoms with van der Waals surface area (Å²) < 4.78 is 6.47. The van der Waals surface area contributed by atoms with Crippen LogP contribution in [-0.4, -0.2) is 38.0 Å². The number of imidazole rings is 1. The number of nitrogens with zero attached hydrogens (tertiary/aromatic N) is 4. The second kappa shape index (κ2) is 4.13. The first-order valence-electron chi connectivity index (χ1n) is 4.78. The van der Waals surface area contributed by atoms with Crippen molar-refractivity contribution in [3.8, 4) is 11.5 Å². The number of methoxy groups -OCH3 is 1. The third-order valence-corrected chi connectivity index (χ3v) is 2.19. The predicted molar refractivity (Wildman–Crippen MR) is 54.6 cm³/mol. The van der Waals surface area contributed by atoms with Gasteiger partial charge in [-0.25, -0.2) is 9.78 Å². The van der Waals surface area contributed by atoms with Crippen molar-refractivity contribution in [2.24, 2.45) is 0 Å². The van der Waals surface area contributed by atoms with Crippen molar-refractivity contribution in [1.29, 1.82) is 0 Å². The van der Waals surface area contributed by atoms with Gasteiger partial charge in [-0.2, -0.15) is 10.3 Å². The van der Waals surface area contributed by atoms with E-state index in [1.165, 1.54) is 7.11 Å². The molecular weight excluding hydrogens is 210 g/mol. The van der Waals surface area contributed by atoms with E-state index in [0.29, 0.717) is 11.5 Å². The molecule has 2 aromatic heterocycles. The van der Waals surface area contributed by atoms with Gasteiger partial charge in [0.2, 0.25) is 5.69 Å². The Morgan fingerprint density at radius 3 is 3.06 bits per heavy atom. The highest BCUT2D eigenvalue weighted by atomic mass is 16.5. The van der Waals surface area contributed by atoms with E-state index in [1.807, 2.05) is 17.7 Å². The lowest BCUT2D eigenvalue weighted by atomic mass is 10.3. The number of carbonyl (C=O) groups excluding carboxylic acids is 1. The molecule has 0 aromatic carbocycles. The molecule has 0 spiro atoms. The molecular formula is C9H11N5O2. The molecule has 84 valence electrons. The standard InChI is InChI=1S/C9H11N5O2/c1-3-14-5-4-10-8(14)6-7(9(15)16-2)12-13-11-6/h4-5H,3H2,1-2H3,(H,11,12,13). The summed E-state index contributed by atoms with van der Waals surface area (Å²) in [5.74, 6) is 0.0612. The molecule has 0 aliphatic heterocycles. The maximum atomic E-state index is 11.4. The summed E-state index contributed by atoms with van der Waals surface area (Å²) in [6.45, 7) is 2.71. The highest BCUT2D eigenvalue weighted by molar-refractivity contribution is 5.92. The summed E-state index contributed by atoms with van der Waals surface area (Å²) in [7, 11) is 1.30. The van der Waals surface area contributed by atoms with Crippen LogP contribution in [0.5, 0.6) is 0 Å². The van der Waals surface area contributed by atoms with E-state index >= 15 is 0 Å². The Bertz CT molecular complexity index is 501. The summed E-state index contributed by atoms with van der Waals surface area (Å²) >= 11 is 0. The molecule has 2 rings (SSSR count). The van der Waals surface area contributed by atoms with Gasteiger partial charge in [-0.3, -0.25) is 0 Å². The Labute approximate surface area is 91.4 Å². The predicted octanol–water partition coefficient (Wildman–Crippen LogP) is 0.475. The molecule has 7 nitrogen and oxygen atoms in total. The summed E-state index contributed by atoms with van der Waals surface area (Å²) in [5.41, 5.74) is 0.544. The van der Waals surface area contributed by atoms with E-state index in [9.17, 15) is 4.79 Å². The Kier molecular flexibility index (Phi) is 2.67. The van der Waals surface area contributed by atoms with Crippen molar-refractivity contribution < 1.29 is 9.53 Å². The number of rotatable bonds is 3. The molecule has 0 saturated carbocycles. The normalized spacial score (nSPS) is 10.4. The minimum Gasteiger partial charge on any atom is -0.464 e. The zero-order chi connectivity index (χ0) is 11.5. The highest BCUT2D eigenvalue weighted by Crippen LogP contribution is 2.18. The Morgan fingerprint density at radius 1 is 1.56 bits per heavy atom. The lowest BCUT2D eigenvalue weighted by Crippen LogP contribution is -2.06. The first-order valence-corrected chi connectivity index (χ1v) is 4.78. The van der Waals surface area contributed by atoms with Crippen molar-refractivity contribution in [2.45, 2.75) is 13.5 Å². The van der Waals surface area contributed by atoms with Gasteiger partial charge in [0, 0.05) is 18.9 Å². The van der Waals surface area contributed by atoms with Crippen LogP contribution < -0.4 is 0 Å². The largest absolute Gasteiger partial charge is 0.464 e. The van der Waals surface area contributed by atoms with Crippen molar-refractivity contribution in [2.75, 3.05) is 7.11 Å². The molecule has 16 heavy (non-hydrogen) atoms. The number of H-pyrrole nitrogens is 1. The minimum atomic E-state index is -0.533. The van der Waals surface area contributed by atoms with Gasteiger partial charge in [0.1, 0.15) is 0 Å². The van der Waals surface area contributed by atoms with Crippen molar-refractivity contribution in [3.05, 3.63) is 18.1 Å². The van der Waals surface area contributed by atoms with E-state index < -0.39 is 5.97 Å². The molecule has 2 heterocycles. The van der Waals surface area contributed by atoms with Crippen LogP contribution in [0.25, 0.3) is 11.5 Å². The number of aryl methyl sites for hydroxylation is 1. The lowest BCUT2D eigenvalue weighted by Gasteiger charge is -2.02. The first kappa shape index (κ1) is 10.3. The quantitative estimate of drug-likeness (QED) is 0.761. The summed E-state index contributed by atoms with van der Waals surface area (Å²) in [5, 5.41) is 10.1. The number of nitrogens with one attached hydrogen (secondary N) is 1. The van der Waals surface area contributed by atoms with E-state index in [2.05, 4.69) is 25.1 Å². The van der Waals surface area contributed by atoms with Crippen molar-refractivity contribution in [3.63, 3.8) is 0 Å². The van der Waals surface area contributed by atoms with Gasteiger partial charge in [-0.15, -0.1) is 5.10 Å². The molecule has 0 aliphatic carbocycles. The van der Waals surface area contributed by atoms with Crippen LogP contribution in [0, 0.1) is 0 Å². The number of hydrogen-bond donors (Lipinski definition) is 1. The molecule has 0 atom stereocenters. The zero-order valence-corrected chi connectivity index (χ0v) is 8.97. The number of aromatic amines is 1. The van der Waals surface area contributed by atoms with Crippen molar-refractivity contribution in [1.82, 2.24) is 25.0 Å². The number of hydrogen-bond acceptors (Lipinski definition) is 5. The Hall–Kier alpha value is -2.18. The van der Waals surface area contributed by atoms with Gasteiger partial charge >= 0.3 is 5.97 Å². The number of carbonyl (C=O) groups is 1. The fourth-order valence-corrected chi connectivity index (χ4v) is 1.41. The summed E-state index contributed by atoms with van der Waals surface area (Å²) in [6, 6.07) is 0. The van der Waals surface area contributed by atoms with E-state index in [-0.39, 0.29) is 5.69 Å². The monoisotopic (exact) mass is 221 g/mol. The number of ether oxygens (including phenoxy) is 1. The van der Waals surface area contributed by atoms with E-state index in [4.69, 9.17) is 0 Å². The number of esters is 1. The lowest BCUT2D eigenvalue weighted by molar-refractivity contribution is 0.0595. The SMILES string of the molecule is CCn1ccnc1-c1n[nH]nc1C(=O)OC. The number of aromatic nitrogens is 5. The summed E-state index contributed by atoms with van der Waals surface area (Å²) in [6.07, 6.45) is 3.46. The van der Waals surface area contributed by atoms with Crippen LogP contribution in [0.1, 0.15) is 17.4 Å². The molecule has 0 radical (unpaired) electrons. The summed E-state index contributed by atoms with van der Waals surface area (Å²) in [4.78, 5) is 15.5. The maximum absolute atomic E-state index is 11.4. The second-order valence-electron chi connectivity index (χ2n) is 3.05. The van der Waals surface area contributed by atoms with Crippen LogP contribution in [0.2, 0.25) is 0 Å². The first-order chi connectivity index (χ1) is 7.77. The van der Waals surface area contributed by atoms with Crippen LogP contribution >= 0.6 is 0 Å². The third kappa shape index (κ3) is 1.56. The Balaban J connectivity index is 2.48. The third-order valence-electron chi connectivity index (χ3n) is 2.19. The van der Waals surface area contributed by atoms with E-state index in [1.54, 1.807) is 6.20 Å². The zero-order valence-electron chi connectivity index (χ0n) is 8.97. The van der Waals surface area contributed by atoms with E-state index in [0.717, 1.165) is 6.54 Å². The average molecular weight is 221 g/mol. The van der Waals surface area contributed by atoms with Gasteiger partial charge < -0.3 is 9.30 Å². The smallest absolute Gasteiger partial charge is 0.361 e. The molecule has 0 unspecified atom stereocenters. The molecule has 7 heteroatoms. The van der Waals surface area contributed by atoms with Gasteiger partial charge in [0.15, 0.2) is 11.5 Å². The van der Waals surface area contributed by atoms with Crippen LogP contribution in [-0.2, 0) is 11.3 Å². The molecule has 0 amide bonds. The molecule has 2 aromatic rings. The van der Waals surface area contributed by atoms with Gasteiger partial charge in [-0.05, 0) is 6.92 Å². The molecule has 0 aliphatic rings. The molecule has 0 bridgehead atoms. The second-order valence-corrected chi connectivity index (χ2v) is 3.05. The maximum Gasteiger partial charge on any atom is 0.361 e. The molecule has 0 saturated heterocycles. The minimum absolute atomic E-state index is 0.142. The van der Waals surface area contributed by atoms with Crippen LogP contribution in [0.4, 0.5) is 0 Å². The highest BCUT2D eigenvalue weighted by Gasteiger charge is 2.21. The average Bonchev–Trinajstić information content (AvgIpc) is 2.94. The van der Waals surface area contributed by atoms with Crippen LogP contribution in [0.15, 0.2) is 12.4 Å². The van der Waals surface area contributed by atoms with Gasteiger partial charge in [0.05, 0.1) is 7.11 Å². The fourth-order valence-electron chi connectivity index (χ4n) is 1.41. The fraction of sp³-hybridized carbons (Fsp3) is 0.333. The Morgan fingerprint density at radius 2 is 2.38 bits per heavy atom. The van der Waals surface area contributed by atoms with Gasteiger partial charge in [0.25, 0.3) is 0 Å². The topological polar surface area (TPSA) is 85.7 Å². The molecule has 0 fully saturated rings.